The molecule has 1 rings (SSSR count). The maximum atomic E-state index is 12.7. The van der Waals surface area contributed by atoms with E-state index in [2.05, 4.69) is 0 Å². The van der Waals surface area contributed by atoms with Gasteiger partial charge in [0.25, 0.3) is 5.92 Å². The van der Waals surface area contributed by atoms with Crippen molar-refractivity contribution in [2.24, 2.45) is 5.73 Å². The molecule has 1 atom stereocenters. The van der Waals surface area contributed by atoms with Crippen molar-refractivity contribution in [3.05, 3.63) is 0 Å². The Morgan fingerprint density at radius 1 is 1.69 bits per heavy atom. The quantitative estimate of drug-likeness (QED) is 0.696. The van der Waals surface area contributed by atoms with Gasteiger partial charge in [0.15, 0.2) is 0 Å². The topological polar surface area (TPSA) is 46.3 Å². The number of likely N-dealkylation sites (tertiary alicyclic amines) is 1. The number of halogens is 2. The number of alkyl halides is 2. The highest BCUT2D eigenvalue weighted by Gasteiger charge is 2.40. The molecule has 0 radical (unpaired) electrons. The largest absolute Gasteiger partial charge is 0.335 e. The second kappa shape index (κ2) is 3.57. The number of carbonyl (C=O) groups is 1. The van der Waals surface area contributed by atoms with Gasteiger partial charge in [0.1, 0.15) is 0 Å². The zero-order valence-electron chi connectivity index (χ0n) is 7.59. The van der Waals surface area contributed by atoms with E-state index in [1.165, 1.54) is 0 Å². The van der Waals surface area contributed by atoms with E-state index >= 15 is 0 Å². The van der Waals surface area contributed by atoms with E-state index < -0.39 is 18.5 Å². The average Bonchev–Trinajstić information content (AvgIpc) is 2.43. The van der Waals surface area contributed by atoms with Crippen molar-refractivity contribution < 1.29 is 13.6 Å². The van der Waals surface area contributed by atoms with Gasteiger partial charge in [-0.05, 0) is 6.42 Å². The van der Waals surface area contributed by atoms with Crippen LogP contribution in [0.2, 0.25) is 0 Å². The van der Waals surface area contributed by atoms with Crippen LogP contribution in [0.5, 0.6) is 0 Å². The van der Waals surface area contributed by atoms with Crippen LogP contribution in [-0.4, -0.2) is 35.9 Å². The first kappa shape index (κ1) is 10.4. The highest BCUT2D eigenvalue weighted by Crippen LogP contribution is 2.26. The summed E-state index contributed by atoms with van der Waals surface area (Å²) in [5, 5.41) is 0. The lowest BCUT2D eigenvalue weighted by atomic mass is 10.2. The van der Waals surface area contributed by atoms with Gasteiger partial charge in [-0.1, -0.05) is 6.92 Å². The first-order valence-corrected chi connectivity index (χ1v) is 4.38. The summed E-state index contributed by atoms with van der Waals surface area (Å²) in [6.07, 6.45) is 0.246. The number of nitrogens with two attached hydrogens (primary N) is 1. The van der Waals surface area contributed by atoms with Crippen molar-refractivity contribution in [1.29, 1.82) is 0 Å². The highest BCUT2D eigenvalue weighted by molar-refractivity contribution is 5.81. The minimum absolute atomic E-state index is 0.125. The Morgan fingerprint density at radius 2 is 2.31 bits per heavy atom. The molecule has 0 aromatic heterocycles. The van der Waals surface area contributed by atoms with Gasteiger partial charge in [0, 0.05) is 13.0 Å². The van der Waals surface area contributed by atoms with E-state index in [-0.39, 0.29) is 18.9 Å². The van der Waals surface area contributed by atoms with Gasteiger partial charge in [-0.3, -0.25) is 4.79 Å². The molecule has 0 saturated carbocycles. The second-order valence-corrected chi connectivity index (χ2v) is 3.38. The van der Waals surface area contributed by atoms with Crippen molar-refractivity contribution in [2.45, 2.75) is 31.7 Å². The Morgan fingerprint density at radius 3 is 2.69 bits per heavy atom. The number of hydrogen-bond acceptors (Lipinski definition) is 2. The lowest BCUT2D eigenvalue weighted by Gasteiger charge is -2.19. The lowest BCUT2D eigenvalue weighted by molar-refractivity contribution is -0.133. The SMILES string of the molecule is CCC(N)C(=O)N1CCC(F)(F)C1. The second-order valence-electron chi connectivity index (χ2n) is 3.38. The monoisotopic (exact) mass is 192 g/mol. The Labute approximate surface area is 75.9 Å². The Kier molecular flexibility index (Phi) is 2.85. The molecule has 1 amide bonds. The Balaban J connectivity index is 2.51. The first-order valence-electron chi connectivity index (χ1n) is 4.38. The number of hydrogen-bond donors (Lipinski definition) is 1. The first-order chi connectivity index (χ1) is 5.96. The Hall–Kier alpha value is -0.710. The number of amides is 1. The molecule has 1 fully saturated rings. The van der Waals surface area contributed by atoms with Crippen molar-refractivity contribution in [3.63, 3.8) is 0 Å². The fraction of sp³-hybridized carbons (Fsp3) is 0.875. The van der Waals surface area contributed by atoms with Crippen LogP contribution in [0.15, 0.2) is 0 Å². The number of nitrogens with zero attached hydrogens (tertiary/aromatic N) is 1. The van der Waals surface area contributed by atoms with Gasteiger partial charge < -0.3 is 10.6 Å². The smallest absolute Gasteiger partial charge is 0.267 e. The van der Waals surface area contributed by atoms with Gasteiger partial charge >= 0.3 is 0 Å². The standard InChI is InChI=1S/C8H14F2N2O/c1-2-6(11)7(13)12-4-3-8(9,10)5-12/h6H,2-5,11H2,1H3. The molecule has 5 heteroatoms. The molecule has 1 saturated heterocycles. The fourth-order valence-electron chi connectivity index (χ4n) is 1.33. The summed E-state index contributed by atoms with van der Waals surface area (Å²) >= 11 is 0. The average molecular weight is 192 g/mol. The molecule has 3 nitrogen and oxygen atoms in total. The molecular weight excluding hydrogens is 178 g/mol. The zero-order chi connectivity index (χ0) is 10.1. The summed E-state index contributed by atoms with van der Waals surface area (Å²) < 4.78 is 25.4. The van der Waals surface area contributed by atoms with Crippen molar-refractivity contribution in [3.8, 4) is 0 Å². The minimum Gasteiger partial charge on any atom is -0.335 e. The summed E-state index contributed by atoms with van der Waals surface area (Å²) in [6, 6.07) is -0.631. The van der Waals surface area contributed by atoms with Crippen molar-refractivity contribution in [1.82, 2.24) is 4.90 Å². The molecule has 2 N–H and O–H groups in total. The predicted octanol–water partition coefficient (Wildman–Crippen LogP) is 0.591. The van der Waals surface area contributed by atoms with Crippen LogP contribution < -0.4 is 5.73 Å². The lowest BCUT2D eigenvalue weighted by Crippen LogP contribution is -2.43. The third kappa shape index (κ3) is 2.37. The highest BCUT2D eigenvalue weighted by atomic mass is 19.3. The fourth-order valence-corrected chi connectivity index (χ4v) is 1.33. The summed E-state index contributed by atoms with van der Waals surface area (Å²) in [6.45, 7) is 1.41. The van der Waals surface area contributed by atoms with Gasteiger partial charge in [0.2, 0.25) is 5.91 Å². The molecule has 1 aliphatic rings. The molecule has 0 aliphatic carbocycles. The maximum Gasteiger partial charge on any atom is 0.267 e. The van der Waals surface area contributed by atoms with Crippen LogP contribution >= 0.6 is 0 Å². The summed E-state index contributed by atoms with van der Waals surface area (Å²) in [7, 11) is 0. The predicted molar refractivity (Wildman–Crippen MR) is 44.4 cm³/mol. The molecular formula is C8H14F2N2O. The minimum atomic E-state index is -2.72. The molecule has 0 bridgehead atoms. The van der Waals surface area contributed by atoms with Gasteiger partial charge in [-0.2, -0.15) is 0 Å². The molecule has 13 heavy (non-hydrogen) atoms. The van der Waals surface area contributed by atoms with Crippen LogP contribution in [0.1, 0.15) is 19.8 Å². The van der Waals surface area contributed by atoms with E-state index in [9.17, 15) is 13.6 Å². The van der Waals surface area contributed by atoms with Crippen LogP contribution in [0.4, 0.5) is 8.78 Å². The van der Waals surface area contributed by atoms with Gasteiger partial charge in [-0.15, -0.1) is 0 Å². The third-order valence-corrected chi connectivity index (χ3v) is 2.24. The van der Waals surface area contributed by atoms with E-state index in [1.807, 2.05) is 0 Å². The van der Waals surface area contributed by atoms with Crippen LogP contribution in [0.3, 0.4) is 0 Å². The van der Waals surface area contributed by atoms with Crippen molar-refractivity contribution >= 4 is 5.91 Å². The van der Waals surface area contributed by atoms with Crippen LogP contribution in [0, 0.1) is 0 Å². The molecule has 1 aliphatic heterocycles. The Bertz CT molecular complexity index is 208. The third-order valence-electron chi connectivity index (χ3n) is 2.24. The van der Waals surface area contributed by atoms with E-state index in [4.69, 9.17) is 5.73 Å². The van der Waals surface area contributed by atoms with Gasteiger partial charge in [-0.25, -0.2) is 8.78 Å². The van der Waals surface area contributed by atoms with Crippen molar-refractivity contribution in [2.75, 3.05) is 13.1 Å². The maximum absolute atomic E-state index is 12.7. The normalized spacial score (nSPS) is 23.2. The molecule has 0 aromatic carbocycles. The van der Waals surface area contributed by atoms with Crippen LogP contribution in [0.25, 0.3) is 0 Å². The summed E-state index contributed by atoms with van der Waals surface area (Å²) in [5.74, 6) is -3.08. The summed E-state index contributed by atoms with van der Waals surface area (Å²) in [4.78, 5) is 12.5. The molecule has 76 valence electrons. The molecule has 1 unspecified atom stereocenters. The van der Waals surface area contributed by atoms with Crippen LogP contribution in [-0.2, 0) is 4.79 Å². The van der Waals surface area contributed by atoms with E-state index in [0.717, 1.165) is 4.90 Å². The van der Waals surface area contributed by atoms with E-state index in [0.29, 0.717) is 6.42 Å². The van der Waals surface area contributed by atoms with E-state index in [1.54, 1.807) is 6.92 Å². The van der Waals surface area contributed by atoms with Gasteiger partial charge in [0.05, 0.1) is 12.6 Å². The summed E-state index contributed by atoms with van der Waals surface area (Å²) in [5.41, 5.74) is 5.45. The zero-order valence-corrected chi connectivity index (χ0v) is 7.59. The number of rotatable bonds is 2. The molecule has 1 heterocycles. The molecule has 0 aromatic rings. The molecule has 0 spiro atoms. The number of carbonyl (C=O) groups excluding carboxylic acids is 1.